The van der Waals surface area contributed by atoms with Gasteiger partial charge in [-0.1, -0.05) is 12.1 Å². The number of methoxy groups -OCH3 is 2. The van der Waals surface area contributed by atoms with Crippen LogP contribution in [0.5, 0.6) is 5.75 Å². The normalized spacial score (nSPS) is 12.2. The molecular formula is C16H23NO5. The number of esters is 1. The summed E-state index contributed by atoms with van der Waals surface area (Å²) in [6.07, 6.45) is -0.380. The molecule has 22 heavy (non-hydrogen) atoms. The molecular weight excluding hydrogens is 286 g/mol. The standard InChI is InChI=1S/C16H23NO5/c1-16(2,3)22-15(19)17-13(14(18)21-5)10-11-7-6-8-12(9-11)20-4/h6-9,13H,10H2,1-5H3,(H,17,19). The molecule has 6 heteroatoms. The Morgan fingerprint density at radius 3 is 2.45 bits per heavy atom. The van der Waals surface area contributed by atoms with Crippen LogP contribution in [0, 0.1) is 0 Å². The first-order valence-corrected chi connectivity index (χ1v) is 6.95. The van der Waals surface area contributed by atoms with Crippen LogP contribution in [0.25, 0.3) is 0 Å². The third-order valence-electron chi connectivity index (χ3n) is 2.75. The Kier molecular flexibility index (Phi) is 6.22. The highest BCUT2D eigenvalue weighted by molar-refractivity contribution is 5.81. The van der Waals surface area contributed by atoms with Crippen LogP contribution in [0.4, 0.5) is 4.79 Å². The molecule has 0 fully saturated rings. The molecule has 0 aliphatic heterocycles. The van der Waals surface area contributed by atoms with Gasteiger partial charge in [-0.25, -0.2) is 9.59 Å². The number of hydrogen-bond acceptors (Lipinski definition) is 5. The van der Waals surface area contributed by atoms with Gasteiger partial charge in [-0.2, -0.15) is 0 Å². The summed E-state index contributed by atoms with van der Waals surface area (Å²) in [5, 5.41) is 2.53. The highest BCUT2D eigenvalue weighted by atomic mass is 16.6. The van der Waals surface area contributed by atoms with Crippen molar-refractivity contribution in [1.29, 1.82) is 0 Å². The third-order valence-corrected chi connectivity index (χ3v) is 2.75. The molecule has 0 aliphatic carbocycles. The van der Waals surface area contributed by atoms with Crippen LogP contribution in [0.1, 0.15) is 26.3 Å². The van der Waals surface area contributed by atoms with Gasteiger partial charge in [-0.05, 0) is 38.5 Å². The molecule has 0 spiro atoms. The summed E-state index contributed by atoms with van der Waals surface area (Å²) in [6.45, 7) is 5.26. The number of ether oxygens (including phenoxy) is 3. The van der Waals surface area contributed by atoms with Gasteiger partial charge in [-0.15, -0.1) is 0 Å². The molecule has 1 atom stereocenters. The van der Waals surface area contributed by atoms with E-state index in [2.05, 4.69) is 5.32 Å². The van der Waals surface area contributed by atoms with Crippen LogP contribution in [0.3, 0.4) is 0 Å². The van der Waals surface area contributed by atoms with Crippen LogP contribution < -0.4 is 10.1 Å². The highest BCUT2D eigenvalue weighted by Crippen LogP contribution is 2.15. The summed E-state index contributed by atoms with van der Waals surface area (Å²) >= 11 is 0. The zero-order valence-corrected chi connectivity index (χ0v) is 13.6. The predicted molar refractivity (Wildman–Crippen MR) is 81.9 cm³/mol. The number of carbonyl (C=O) groups is 2. The first-order chi connectivity index (χ1) is 10.2. The molecule has 0 heterocycles. The van der Waals surface area contributed by atoms with E-state index in [1.807, 2.05) is 12.1 Å². The Balaban J connectivity index is 2.80. The van der Waals surface area contributed by atoms with E-state index in [0.717, 1.165) is 5.56 Å². The number of alkyl carbamates (subject to hydrolysis) is 1. The van der Waals surface area contributed by atoms with E-state index in [1.165, 1.54) is 7.11 Å². The number of rotatable bonds is 5. The molecule has 0 saturated carbocycles. The third kappa shape index (κ3) is 6.03. The molecule has 1 unspecified atom stereocenters. The van der Waals surface area contributed by atoms with Crippen molar-refractivity contribution < 1.29 is 23.8 Å². The Morgan fingerprint density at radius 2 is 1.91 bits per heavy atom. The largest absolute Gasteiger partial charge is 0.497 e. The molecule has 1 aromatic rings. The summed E-state index contributed by atoms with van der Waals surface area (Å²) in [7, 11) is 2.84. The molecule has 0 aromatic heterocycles. The fourth-order valence-corrected chi connectivity index (χ4v) is 1.82. The number of carbonyl (C=O) groups excluding carboxylic acids is 2. The summed E-state index contributed by atoms with van der Waals surface area (Å²) in [5.74, 6) is 0.145. The lowest BCUT2D eigenvalue weighted by atomic mass is 10.1. The van der Waals surface area contributed by atoms with E-state index in [1.54, 1.807) is 40.0 Å². The van der Waals surface area contributed by atoms with Gasteiger partial charge in [0.1, 0.15) is 17.4 Å². The maximum Gasteiger partial charge on any atom is 0.408 e. The average Bonchev–Trinajstić information content (AvgIpc) is 2.44. The van der Waals surface area contributed by atoms with Crippen molar-refractivity contribution in [2.24, 2.45) is 0 Å². The lowest BCUT2D eigenvalue weighted by molar-refractivity contribution is -0.143. The number of amides is 1. The van der Waals surface area contributed by atoms with Crippen molar-refractivity contribution >= 4 is 12.1 Å². The van der Waals surface area contributed by atoms with Crippen LogP contribution in [-0.4, -0.2) is 37.9 Å². The van der Waals surface area contributed by atoms with E-state index in [-0.39, 0.29) is 6.42 Å². The maximum absolute atomic E-state index is 11.8. The second-order valence-electron chi connectivity index (χ2n) is 5.78. The number of nitrogens with one attached hydrogen (secondary N) is 1. The van der Waals surface area contributed by atoms with E-state index >= 15 is 0 Å². The number of hydrogen-bond donors (Lipinski definition) is 1. The number of benzene rings is 1. The summed E-state index contributed by atoms with van der Waals surface area (Å²) in [5.41, 5.74) is 0.201. The second-order valence-corrected chi connectivity index (χ2v) is 5.78. The molecule has 1 aromatic carbocycles. The molecule has 1 amide bonds. The quantitative estimate of drug-likeness (QED) is 0.845. The van der Waals surface area contributed by atoms with Crippen LogP contribution in [0.15, 0.2) is 24.3 Å². The summed E-state index contributed by atoms with van der Waals surface area (Å²) < 4.78 is 15.0. The van der Waals surface area contributed by atoms with Crippen LogP contribution >= 0.6 is 0 Å². The molecule has 122 valence electrons. The smallest absolute Gasteiger partial charge is 0.408 e. The zero-order chi connectivity index (χ0) is 16.8. The monoisotopic (exact) mass is 309 g/mol. The SMILES string of the molecule is COC(=O)C(Cc1cccc(OC)c1)NC(=O)OC(C)(C)C. The lowest BCUT2D eigenvalue weighted by Gasteiger charge is -2.22. The van der Waals surface area contributed by atoms with Gasteiger partial charge in [0.05, 0.1) is 14.2 Å². The Labute approximate surface area is 130 Å². The molecule has 0 radical (unpaired) electrons. The van der Waals surface area contributed by atoms with Crippen molar-refractivity contribution in [2.45, 2.75) is 38.8 Å². The Morgan fingerprint density at radius 1 is 1.23 bits per heavy atom. The summed E-state index contributed by atoms with van der Waals surface area (Å²) in [4.78, 5) is 23.7. The van der Waals surface area contributed by atoms with Crippen molar-refractivity contribution in [3.63, 3.8) is 0 Å². The Hall–Kier alpha value is -2.24. The van der Waals surface area contributed by atoms with E-state index in [0.29, 0.717) is 5.75 Å². The minimum atomic E-state index is -0.827. The van der Waals surface area contributed by atoms with Crippen molar-refractivity contribution in [3.8, 4) is 5.75 Å². The Bertz CT molecular complexity index is 522. The average molecular weight is 309 g/mol. The van der Waals surface area contributed by atoms with Crippen molar-refractivity contribution in [3.05, 3.63) is 29.8 Å². The molecule has 0 aliphatic rings. The van der Waals surface area contributed by atoms with Crippen molar-refractivity contribution in [2.75, 3.05) is 14.2 Å². The minimum Gasteiger partial charge on any atom is -0.497 e. The van der Waals surface area contributed by atoms with E-state index in [9.17, 15) is 9.59 Å². The van der Waals surface area contributed by atoms with Gasteiger partial charge < -0.3 is 19.5 Å². The molecule has 1 rings (SSSR count). The lowest BCUT2D eigenvalue weighted by Crippen LogP contribution is -2.45. The first kappa shape index (κ1) is 17.8. The minimum absolute atomic E-state index is 0.281. The van der Waals surface area contributed by atoms with Crippen LogP contribution in [-0.2, 0) is 20.7 Å². The highest BCUT2D eigenvalue weighted by Gasteiger charge is 2.25. The van der Waals surface area contributed by atoms with Crippen LogP contribution in [0.2, 0.25) is 0 Å². The van der Waals surface area contributed by atoms with E-state index < -0.39 is 23.7 Å². The first-order valence-electron chi connectivity index (χ1n) is 6.95. The fourth-order valence-electron chi connectivity index (χ4n) is 1.82. The summed E-state index contributed by atoms with van der Waals surface area (Å²) in [6, 6.07) is 6.43. The topological polar surface area (TPSA) is 73.9 Å². The molecule has 6 nitrogen and oxygen atoms in total. The molecule has 1 N–H and O–H groups in total. The van der Waals surface area contributed by atoms with Gasteiger partial charge in [0, 0.05) is 6.42 Å². The van der Waals surface area contributed by atoms with Gasteiger partial charge in [0.15, 0.2) is 0 Å². The van der Waals surface area contributed by atoms with Crippen molar-refractivity contribution in [1.82, 2.24) is 5.32 Å². The zero-order valence-electron chi connectivity index (χ0n) is 13.6. The molecule has 0 bridgehead atoms. The fraction of sp³-hybridized carbons (Fsp3) is 0.500. The van der Waals surface area contributed by atoms with Gasteiger partial charge in [0.2, 0.25) is 0 Å². The van der Waals surface area contributed by atoms with Gasteiger partial charge in [-0.3, -0.25) is 0 Å². The van der Waals surface area contributed by atoms with E-state index in [4.69, 9.17) is 14.2 Å². The maximum atomic E-state index is 11.8. The molecule has 0 saturated heterocycles. The second kappa shape index (κ2) is 7.68. The van der Waals surface area contributed by atoms with Gasteiger partial charge >= 0.3 is 12.1 Å². The predicted octanol–water partition coefficient (Wildman–Crippen LogP) is 2.30. The van der Waals surface area contributed by atoms with Gasteiger partial charge in [0.25, 0.3) is 0 Å².